The van der Waals surface area contributed by atoms with Gasteiger partial charge in [-0.25, -0.2) is 4.79 Å². The van der Waals surface area contributed by atoms with Gasteiger partial charge >= 0.3 is 5.97 Å². The molecule has 1 N–H and O–H groups in total. The van der Waals surface area contributed by atoms with Crippen LogP contribution in [0.4, 0.5) is 0 Å². The van der Waals surface area contributed by atoms with E-state index in [2.05, 4.69) is 48.1 Å². The summed E-state index contributed by atoms with van der Waals surface area (Å²) in [6.07, 6.45) is 0.757. The van der Waals surface area contributed by atoms with Crippen LogP contribution in [0.5, 0.6) is 0 Å². The van der Waals surface area contributed by atoms with Gasteiger partial charge in [0.2, 0.25) is 0 Å². The Labute approximate surface area is 167 Å². The maximum Gasteiger partial charge on any atom is 0.333 e. The standard InChI is InChI=1S/C20H40O5SSi/c1-15(2)12-27(13-16(3)4,14-17(5)6)19(26(22,23)24)10-9-11-25-20(21)18(7)8/h15-17,19H,7,9-14H2,1-6,8H3,(H,22,23,24). The van der Waals surface area contributed by atoms with Crippen LogP contribution in [0.3, 0.4) is 0 Å². The minimum Gasteiger partial charge on any atom is -0.462 e. The second-order valence-electron chi connectivity index (χ2n) is 9.22. The second-order valence-corrected chi connectivity index (χ2v) is 15.9. The Morgan fingerprint density at radius 2 is 1.41 bits per heavy atom. The number of carbonyl (C=O) groups is 1. The van der Waals surface area contributed by atoms with Crippen molar-refractivity contribution in [3.8, 4) is 0 Å². The molecule has 0 spiro atoms. The largest absolute Gasteiger partial charge is 0.462 e. The van der Waals surface area contributed by atoms with E-state index >= 15 is 0 Å². The van der Waals surface area contributed by atoms with Gasteiger partial charge in [0.15, 0.2) is 0 Å². The fraction of sp³-hybridized carbons (Fsp3) is 0.850. The van der Waals surface area contributed by atoms with Crippen LogP contribution >= 0.6 is 0 Å². The van der Waals surface area contributed by atoms with Crippen molar-refractivity contribution in [1.29, 1.82) is 0 Å². The van der Waals surface area contributed by atoms with E-state index in [0.29, 0.717) is 36.2 Å². The fourth-order valence-electron chi connectivity index (χ4n) is 4.41. The minimum atomic E-state index is -4.17. The van der Waals surface area contributed by atoms with Crippen LogP contribution in [0.15, 0.2) is 12.2 Å². The summed E-state index contributed by atoms with van der Waals surface area (Å²) in [5.41, 5.74) is 0.324. The molecule has 0 aliphatic rings. The summed E-state index contributed by atoms with van der Waals surface area (Å²) in [4.78, 5) is 10.8. The van der Waals surface area contributed by atoms with E-state index in [1.165, 1.54) is 0 Å². The fourth-order valence-corrected chi connectivity index (χ4v) is 15.3. The summed E-state index contributed by atoms with van der Waals surface area (Å²) >= 11 is 0. The van der Waals surface area contributed by atoms with Crippen LogP contribution in [0.25, 0.3) is 0 Å². The molecule has 27 heavy (non-hydrogen) atoms. The molecule has 0 aromatic carbocycles. The zero-order chi connectivity index (χ0) is 21.4. The highest BCUT2D eigenvalue weighted by atomic mass is 32.2. The Bertz CT molecular complexity index is 555. The lowest BCUT2D eigenvalue weighted by Gasteiger charge is -2.41. The lowest BCUT2D eigenvalue weighted by atomic mass is 10.2. The Hall–Kier alpha value is -0.663. The highest BCUT2D eigenvalue weighted by Gasteiger charge is 2.47. The number of ether oxygens (including phenoxy) is 1. The summed E-state index contributed by atoms with van der Waals surface area (Å²) in [5, 5.41) is 0. The second kappa shape index (κ2) is 11.4. The highest BCUT2D eigenvalue weighted by molar-refractivity contribution is 7.88. The number of hydrogen-bond acceptors (Lipinski definition) is 4. The third-order valence-electron chi connectivity index (χ3n) is 4.68. The summed E-state index contributed by atoms with van der Waals surface area (Å²) in [5.74, 6) is 0.660. The van der Waals surface area contributed by atoms with Crippen LogP contribution in [0.2, 0.25) is 18.1 Å². The Morgan fingerprint density at radius 3 is 1.70 bits per heavy atom. The molecule has 0 rings (SSSR count). The molecule has 7 heteroatoms. The van der Waals surface area contributed by atoms with Crippen LogP contribution in [-0.4, -0.2) is 38.5 Å². The zero-order valence-corrected chi connectivity index (χ0v) is 20.1. The number of rotatable bonds is 13. The molecule has 0 radical (unpaired) electrons. The van der Waals surface area contributed by atoms with Gasteiger partial charge in [0.25, 0.3) is 10.1 Å². The van der Waals surface area contributed by atoms with E-state index in [9.17, 15) is 17.8 Å². The molecule has 0 fully saturated rings. The summed E-state index contributed by atoms with van der Waals surface area (Å²) in [7, 11) is -6.52. The van der Waals surface area contributed by atoms with Gasteiger partial charge in [-0.1, -0.05) is 66.3 Å². The molecule has 1 atom stereocenters. The third-order valence-corrected chi connectivity index (χ3v) is 14.6. The maximum atomic E-state index is 12.4. The molecule has 0 aliphatic heterocycles. The maximum absolute atomic E-state index is 12.4. The molecule has 160 valence electrons. The molecule has 0 amide bonds. The van der Waals surface area contributed by atoms with Gasteiger partial charge < -0.3 is 4.74 Å². The van der Waals surface area contributed by atoms with Crippen molar-refractivity contribution in [3.05, 3.63) is 12.2 Å². The summed E-state index contributed by atoms with van der Waals surface area (Å²) < 4.78 is 40.1. The summed E-state index contributed by atoms with van der Waals surface area (Å²) in [6, 6.07) is 2.62. The first-order valence-electron chi connectivity index (χ1n) is 10.00. The lowest BCUT2D eigenvalue weighted by Crippen LogP contribution is -2.54. The average Bonchev–Trinajstić information content (AvgIpc) is 2.42. The normalized spacial score (nSPS) is 14.0. The number of esters is 1. The van der Waals surface area contributed by atoms with Crippen molar-refractivity contribution in [2.75, 3.05) is 6.61 Å². The average molecular weight is 421 g/mol. The summed E-state index contributed by atoms with van der Waals surface area (Å²) in [6.45, 7) is 18.0. The van der Waals surface area contributed by atoms with Gasteiger partial charge in [-0.05, 0) is 37.5 Å². The SMILES string of the molecule is C=C(C)C(=O)OCCCC([Si](CC(C)C)(CC(C)C)CC(C)C)S(=O)(=O)O. The van der Waals surface area contributed by atoms with E-state index in [0.717, 1.165) is 18.1 Å². The van der Waals surface area contributed by atoms with Crippen molar-refractivity contribution in [1.82, 2.24) is 0 Å². The van der Waals surface area contributed by atoms with Crippen molar-refractivity contribution in [2.45, 2.75) is 84.3 Å². The molecule has 5 nitrogen and oxygen atoms in total. The zero-order valence-electron chi connectivity index (χ0n) is 18.2. The first kappa shape index (κ1) is 26.3. The molecule has 0 aromatic rings. The Balaban J connectivity index is 5.65. The predicted molar refractivity (Wildman–Crippen MR) is 115 cm³/mol. The van der Waals surface area contributed by atoms with Gasteiger partial charge in [-0.15, -0.1) is 0 Å². The monoisotopic (exact) mass is 420 g/mol. The number of hydrogen-bond donors (Lipinski definition) is 1. The Morgan fingerprint density at radius 1 is 1.00 bits per heavy atom. The minimum absolute atomic E-state index is 0.146. The third kappa shape index (κ3) is 9.90. The van der Waals surface area contributed by atoms with Gasteiger partial charge in [0.05, 0.1) is 19.6 Å². The van der Waals surface area contributed by atoms with E-state index in [1.54, 1.807) is 6.92 Å². The Kier molecular flexibility index (Phi) is 11.1. The van der Waals surface area contributed by atoms with Crippen molar-refractivity contribution >= 4 is 24.2 Å². The van der Waals surface area contributed by atoms with Crippen LogP contribution < -0.4 is 0 Å². The molecule has 0 aliphatic carbocycles. The van der Waals surface area contributed by atoms with Crippen LogP contribution in [-0.2, 0) is 19.6 Å². The highest BCUT2D eigenvalue weighted by Crippen LogP contribution is 2.39. The first-order chi connectivity index (χ1) is 12.2. The smallest absolute Gasteiger partial charge is 0.333 e. The van der Waals surface area contributed by atoms with E-state index in [-0.39, 0.29) is 6.61 Å². The molecular weight excluding hydrogens is 380 g/mol. The van der Waals surface area contributed by atoms with Crippen LogP contribution in [0.1, 0.15) is 61.3 Å². The van der Waals surface area contributed by atoms with E-state index in [4.69, 9.17) is 4.74 Å². The van der Waals surface area contributed by atoms with E-state index < -0.39 is 29.0 Å². The predicted octanol–water partition coefficient (Wildman–Crippen LogP) is 5.10. The topological polar surface area (TPSA) is 80.7 Å². The molecule has 0 saturated heterocycles. The van der Waals surface area contributed by atoms with Crippen molar-refractivity contribution in [2.24, 2.45) is 17.8 Å². The molecular formula is C20H40O5SSi. The molecule has 0 saturated carbocycles. The first-order valence-corrected chi connectivity index (χ1v) is 14.2. The van der Waals surface area contributed by atoms with Crippen molar-refractivity contribution in [3.63, 3.8) is 0 Å². The molecule has 0 bridgehead atoms. The van der Waals surface area contributed by atoms with Gasteiger partial charge in [0, 0.05) is 5.57 Å². The molecule has 0 aromatic heterocycles. The van der Waals surface area contributed by atoms with E-state index in [1.807, 2.05) is 0 Å². The molecule has 1 unspecified atom stereocenters. The van der Waals surface area contributed by atoms with Crippen LogP contribution in [0, 0.1) is 17.8 Å². The van der Waals surface area contributed by atoms with Gasteiger partial charge in [-0.2, -0.15) is 8.42 Å². The number of carbonyl (C=O) groups excluding carboxylic acids is 1. The van der Waals surface area contributed by atoms with Gasteiger partial charge in [-0.3, -0.25) is 4.55 Å². The van der Waals surface area contributed by atoms with Gasteiger partial charge in [0.1, 0.15) is 0 Å². The molecule has 0 heterocycles. The van der Waals surface area contributed by atoms with Crippen molar-refractivity contribution < 1.29 is 22.5 Å². The quantitative estimate of drug-likeness (QED) is 0.147. The lowest BCUT2D eigenvalue weighted by molar-refractivity contribution is -0.139.